The van der Waals surface area contributed by atoms with Crippen LogP contribution in [0.2, 0.25) is 0 Å². The Bertz CT molecular complexity index is 588. The third kappa shape index (κ3) is 13.8. The van der Waals surface area contributed by atoms with Gasteiger partial charge in [-0.3, -0.25) is 4.79 Å². The van der Waals surface area contributed by atoms with Crippen LogP contribution in [0.1, 0.15) is 130 Å². The van der Waals surface area contributed by atoms with Gasteiger partial charge in [-0.25, -0.2) is 0 Å². The van der Waals surface area contributed by atoms with Crippen LogP contribution in [-0.4, -0.2) is 18.6 Å². The minimum atomic E-state index is -0.470. The van der Waals surface area contributed by atoms with Crippen LogP contribution in [0.15, 0.2) is 24.3 Å². The second-order valence-corrected chi connectivity index (χ2v) is 10.4. The van der Waals surface area contributed by atoms with Crippen molar-refractivity contribution in [2.24, 2.45) is 0 Å². The number of hydrogen-bond acceptors (Lipinski definition) is 2. The minimum absolute atomic E-state index is 0.0282. The summed E-state index contributed by atoms with van der Waals surface area (Å²) in [6, 6.07) is 8.07. The van der Waals surface area contributed by atoms with Crippen molar-refractivity contribution < 1.29 is 9.53 Å². The highest BCUT2D eigenvalue weighted by Gasteiger charge is 2.16. The summed E-state index contributed by atoms with van der Waals surface area (Å²) in [5, 5.41) is 3.02. The fraction of sp³-hybridized carbons (Fsp3) is 0.759. The topological polar surface area (TPSA) is 38.3 Å². The first-order valence-corrected chi connectivity index (χ1v) is 13.4. The summed E-state index contributed by atoms with van der Waals surface area (Å²) in [6.45, 7) is 11.4. The molecule has 0 aliphatic rings. The second kappa shape index (κ2) is 17.0. The highest BCUT2D eigenvalue weighted by atomic mass is 16.5. The summed E-state index contributed by atoms with van der Waals surface area (Å²) in [5.74, 6) is 0.719. The number of rotatable bonds is 18. The summed E-state index contributed by atoms with van der Waals surface area (Å²) in [7, 11) is 0. The lowest BCUT2D eigenvalue weighted by molar-refractivity contribution is -0.127. The minimum Gasteiger partial charge on any atom is -0.481 e. The number of nitrogens with one attached hydrogen (secondary N) is 1. The lowest BCUT2D eigenvalue weighted by Crippen LogP contribution is -2.36. The summed E-state index contributed by atoms with van der Waals surface area (Å²) in [4.78, 5) is 12.3. The zero-order valence-corrected chi connectivity index (χ0v) is 21.8. The van der Waals surface area contributed by atoms with Crippen molar-refractivity contribution in [1.29, 1.82) is 0 Å². The molecule has 1 aromatic rings. The maximum atomic E-state index is 12.3. The molecule has 1 rings (SSSR count). The molecule has 0 saturated carbocycles. The maximum Gasteiger partial charge on any atom is 0.260 e. The molecule has 0 heterocycles. The van der Waals surface area contributed by atoms with Crippen LogP contribution in [0, 0.1) is 0 Å². The second-order valence-electron chi connectivity index (χ2n) is 10.4. The first kappa shape index (κ1) is 28.5. The van der Waals surface area contributed by atoms with Gasteiger partial charge in [0.2, 0.25) is 0 Å². The van der Waals surface area contributed by atoms with Crippen LogP contribution >= 0.6 is 0 Å². The van der Waals surface area contributed by atoms with Crippen molar-refractivity contribution in [1.82, 2.24) is 5.32 Å². The summed E-state index contributed by atoms with van der Waals surface area (Å²) < 4.78 is 5.81. The Balaban J connectivity index is 1.98. The highest BCUT2D eigenvalue weighted by molar-refractivity contribution is 5.80. The average Bonchev–Trinajstić information content (AvgIpc) is 2.76. The molecule has 0 aromatic heterocycles. The van der Waals surface area contributed by atoms with E-state index in [2.05, 4.69) is 45.1 Å². The van der Waals surface area contributed by atoms with E-state index >= 15 is 0 Å². The number of amides is 1. The molecule has 1 amide bonds. The van der Waals surface area contributed by atoms with Gasteiger partial charge >= 0.3 is 0 Å². The van der Waals surface area contributed by atoms with Crippen LogP contribution in [-0.2, 0) is 10.2 Å². The molecule has 0 bridgehead atoms. The Hall–Kier alpha value is -1.51. The Morgan fingerprint density at radius 1 is 0.781 bits per heavy atom. The summed E-state index contributed by atoms with van der Waals surface area (Å²) in [5.41, 5.74) is 1.38. The molecule has 0 aliphatic heterocycles. The molecule has 3 heteroatoms. The van der Waals surface area contributed by atoms with Gasteiger partial charge in [0.15, 0.2) is 6.10 Å². The first-order valence-electron chi connectivity index (χ1n) is 13.4. The van der Waals surface area contributed by atoms with Gasteiger partial charge in [-0.1, -0.05) is 123 Å². The largest absolute Gasteiger partial charge is 0.481 e. The number of unbranched alkanes of at least 4 members (excludes halogenated alkanes) is 13. The van der Waals surface area contributed by atoms with E-state index in [0.29, 0.717) is 0 Å². The van der Waals surface area contributed by atoms with Crippen molar-refractivity contribution in [3.8, 4) is 5.75 Å². The molecule has 0 radical (unpaired) electrons. The fourth-order valence-corrected chi connectivity index (χ4v) is 3.97. The monoisotopic (exact) mass is 445 g/mol. The molecular weight excluding hydrogens is 394 g/mol. The predicted octanol–water partition coefficient (Wildman–Crippen LogP) is 8.35. The first-order chi connectivity index (χ1) is 15.3. The number of ether oxygens (including phenoxy) is 1. The maximum absolute atomic E-state index is 12.3. The zero-order valence-electron chi connectivity index (χ0n) is 21.8. The van der Waals surface area contributed by atoms with Gasteiger partial charge in [0.05, 0.1) is 0 Å². The Labute approximate surface area is 199 Å². The van der Waals surface area contributed by atoms with E-state index < -0.39 is 6.10 Å². The molecule has 0 spiro atoms. The number of carbonyl (C=O) groups excluding carboxylic acids is 1. The van der Waals surface area contributed by atoms with E-state index in [1.807, 2.05) is 19.1 Å². The smallest absolute Gasteiger partial charge is 0.260 e. The molecule has 1 N–H and O–H groups in total. The van der Waals surface area contributed by atoms with Crippen LogP contribution < -0.4 is 10.1 Å². The fourth-order valence-electron chi connectivity index (χ4n) is 3.97. The van der Waals surface area contributed by atoms with Gasteiger partial charge in [-0.05, 0) is 36.5 Å². The molecule has 1 aromatic carbocycles. The normalized spacial score (nSPS) is 12.5. The molecule has 1 atom stereocenters. The summed E-state index contributed by atoms with van der Waals surface area (Å²) >= 11 is 0. The third-order valence-electron chi connectivity index (χ3n) is 6.23. The van der Waals surface area contributed by atoms with E-state index in [-0.39, 0.29) is 11.3 Å². The van der Waals surface area contributed by atoms with E-state index in [4.69, 9.17) is 4.74 Å². The van der Waals surface area contributed by atoms with Crippen molar-refractivity contribution in [3.63, 3.8) is 0 Å². The van der Waals surface area contributed by atoms with Crippen molar-refractivity contribution in [3.05, 3.63) is 29.8 Å². The average molecular weight is 446 g/mol. The Morgan fingerprint density at radius 3 is 1.66 bits per heavy atom. The van der Waals surface area contributed by atoms with Gasteiger partial charge < -0.3 is 10.1 Å². The molecule has 0 saturated heterocycles. The third-order valence-corrected chi connectivity index (χ3v) is 6.23. The van der Waals surface area contributed by atoms with E-state index in [0.717, 1.165) is 18.7 Å². The predicted molar refractivity (Wildman–Crippen MR) is 139 cm³/mol. The summed E-state index contributed by atoms with van der Waals surface area (Å²) in [6.07, 6.45) is 18.4. The van der Waals surface area contributed by atoms with Gasteiger partial charge in [0.1, 0.15) is 5.75 Å². The SMILES string of the molecule is CCCCCCCCCCCCCCCCNC(=O)C(C)Oc1ccc(C(C)(C)C)cc1. The van der Waals surface area contributed by atoms with Gasteiger partial charge in [-0.15, -0.1) is 0 Å². The van der Waals surface area contributed by atoms with Crippen molar-refractivity contribution in [2.45, 2.75) is 136 Å². The number of benzene rings is 1. The molecule has 3 nitrogen and oxygen atoms in total. The standard InChI is InChI=1S/C29H51NO2/c1-6-7-8-9-10-11-12-13-14-15-16-17-18-19-24-30-28(31)25(2)32-27-22-20-26(21-23-27)29(3,4)5/h20-23,25H,6-19,24H2,1-5H3,(H,30,31). The van der Waals surface area contributed by atoms with Crippen molar-refractivity contribution >= 4 is 5.91 Å². The Kier molecular flexibility index (Phi) is 15.2. The lowest BCUT2D eigenvalue weighted by Gasteiger charge is -2.20. The van der Waals surface area contributed by atoms with E-state index in [1.54, 1.807) is 0 Å². The number of hydrogen-bond donors (Lipinski definition) is 1. The lowest BCUT2D eigenvalue weighted by atomic mass is 9.87. The molecular formula is C29H51NO2. The Morgan fingerprint density at radius 2 is 1.22 bits per heavy atom. The van der Waals surface area contributed by atoms with Crippen molar-refractivity contribution in [2.75, 3.05) is 6.54 Å². The quantitative estimate of drug-likeness (QED) is 0.231. The molecule has 32 heavy (non-hydrogen) atoms. The number of carbonyl (C=O) groups is 1. The van der Waals surface area contributed by atoms with Crippen LogP contribution in [0.25, 0.3) is 0 Å². The van der Waals surface area contributed by atoms with Crippen LogP contribution in [0.5, 0.6) is 5.75 Å². The van der Waals surface area contributed by atoms with Crippen LogP contribution in [0.3, 0.4) is 0 Å². The molecule has 184 valence electrons. The van der Waals surface area contributed by atoms with E-state index in [9.17, 15) is 4.79 Å². The van der Waals surface area contributed by atoms with Gasteiger partial charge in [0.25, 0.3) is 5.91 Å². The van der Waals surface area contributed by atoms with Gasteiger partial charge in [0, 0.05) is 6.54 Å². The zero-order chi connectivity index (χ0) is 23.7. The highest BCUT2D eigenvalue weighted by Crippen LogP contribution is 2.24. The van der Waals surface area contributed by atoms with Gasteiger partial charge in [-0.2, -0.15) is 0 Å². The molecule has 1 unspecified atom stereocenters. The van der Waals surface area contributed by atoms with Crippen LogP contribution in [0.4, 0.5) is 0 Å². The van der Waals surface area contributed by atoms with E-state index in [1.165, 1.54) is 89.0 Å². The molecule has 0 fully saturated rings. The molecule has 0 aliphatic carbocycles.